The van der Waals surface area contributed by atoms with Crippen molar-refractivity contribution in [2.45, 2.75) is 271 Å². The smallest absolute Gasteiger partial charge is 0.304 e. The van der Waals surface area contributed by atoms with Gasteiger partial charge >= 0.3 is 23.9 Å². The van der Waals surface area contributed by atoms with Crippen molar-refractivity contribution in [1.82, 2.24) is 0 Å². The fourth-order valence-corrected chi connectivity index (χ4v) is 20.0. The second-order valence-corrected chi connectivity index (χ2v) is 43.6. The Kier molecular flexibility index (Phi) is 41.1. The first kappa shape index (κ1) is 109. The van der Waals surface area contributed by atoms with Crippen molar-refractivity contribution < 1.29 is 231 Å². The molecule has 48 nitrogen and oxygen atoms in total. The molecule has 16 bridgehead atoms. The van der Waals surface area contributed by atoms with Gasteiger partial charge < -0.3 is 178 Å². The third-order valence-electron chi connectivity index (χ3n) is 21.3. The summed E-state index contributed by atoms with van der Waals surface area (Å²) in [5, 5.41) is 242. The number of ether oxygens (including phenoxy) is 16. The fourth-order valence-electron chi connectivity index (χ4n) is 14.2. The van der Waals surface area contributed by atoms with Crippen LogP contribution in [0.4, 0.5) is 0 Å². The van der Waals surface area contributed by atoms with Crippen LogP contribution in [-0.2, 0) is 151 Å². The molecule has 0 amide bonds. The number of thioether (sulfide) groups is 4. The molecule has 0 spiro atoms. The van der Waals surface area contributed by atoms with Crippen LogP contribution in [0, 0.1) is 0 Å². The second kappa shape index (κ2) is 48.4. The summed E-state index contributed by atoms with van der Waals surface area (Å²) in [6, 6.07) is 0. The molecule has 30 aliphatic heterocycles. The van der Waals surface area contributed by atoms with Crippen molar-refractivity contribution >= 4 is 130 Å². The molecular weight excluding hydrogens is 1890 g/mol. The molecule has 30 heterocycles. The molecule has 736 valence electrons. The Bertz CT molecular complexity index is 4170. The van der Waals surface area contributed by atoms with Crippen LogP contribution >= 0.6 is 47.0 Å². The standard InChI is InChI=1S/C72H112O48S8/c1-9-125(5,97)101-21-29-57-42(82)50(90)66(106-29)115-59-31(23-103-127(7,99)11-3)108-68(52(92)44(59)84)117-61-33(25-121-17-13-37(73)74)110-70(54(94)46(61)86)119-63-35(27-123-19-15-39(77)78)112-72(56(96)48(63)88)120-64-36(28-124-20-16-40(79)80)111-71(55(95)47(64)87)118-62-34(26-122-18-14-38(75)76)109-69(53(93)45(62)85)116-60-32(24-104-128(8,100)12-4)107-67(51(91)43(60)83)114-58-30(22-102-126(6,98)10-2)105-65(113-57)49(89)41(58)81/h29-36,41-72,81-96H,1-4,13-28H2,5-8H3,(H,73,74)(H,75,76)(H,77,78)(H,79,80). The van der Waals surface area contributed by atoms with E-state index in [1.54, 1.807) is 0 Å². The highest BCUT2D eigenvalue weighted by Crippen LogP contribution is 2.42. The number of carboxylic acids is 4. The first-order chi connectivity index (χ1) is 60.1. The molecule has 128 heavy (non-hydrogen) atoms. The van der Waals surface area contributed by atoms with Gasteiger partial charge in [-0.15, -0.1) is 0 Å². The van der Waals surface area contributed by atoms with Crippen LogP contribution in [0.3, 0.4) is 0 Å². The van der Waals surface area contributed by atoms with Crippen molar-refractivity contribution in [1.29, 1.82) is 0 Å². The van der Waals surface area contributed by atoms with Gasteiger partial charge in [0.2, 0.25) is 0 Å². The quantitative estimate of drug-likeness (QED) is 0.0220. The zero-order valence-corrected chi connectivity index (χ0v) is 75.4. The molecule has 0 saturated carbocycles. The lowest BCUT2D eigenvalue weighted by atomic mass is 9.95. The van der Waals surface area contributed by atoms with Crippen LogP contribution in [0.1, 0.15) is 25.7 Å². The van der Waals surface area contributed by atoms with Gasteiger partial charge in [-0.05, 0) is 46.4 Å². The summed E-state index contributed by atoms with van der Waals surface area (Å²) in [5.41, 5.74) is 0. The molecule has 0 aromatic rings. The number of aliphatic hydroxyl groups excluding tert-OH is 16. The molecule has 20 N–H and O–H groups in total. The van der Waals surface area contributed by atoms with E-state index >= 15 is 0 Å². The highest BCUT2D eigenvalue weighted by Gasteiger charge is 2.61. The van der Waals surface area contributed by atoms with Crippen LogP contribution in [-0.4, -0.2) is 506 Å². The molecule has 0 radical (unpaired) electrons. The average molecular weight is 2000 g/mol. The maximum atomic E-state index is 13.5. The normalized spacial score (nSPS) is 43.4. The summed E-state index contributed by atoms with van der Waals surface area (Å²) < 4.78 is 175. The van der Waals surface area contributed by atoms with Crippen molar-refractivity contribution in [3.63, 3.8) is 0 Å². The van der Waals surface area contributed by atoms with Crippen molar-refractivity contribution in [2.24, 2.45) is 0 Å². The van der Waals surface area contributed by atoms with Gasteiger partial charge in [-0.25, -0.2) is 16.8 Å². The molecule has 30 rings (SSSR count). The number of aliphatic hydroxyl groups is 16. The highest BCUT2D eigenvalue weighted by molar-refractivity contribution is 8.00. The molecular formula is C72H112O48S8. The third kappa shape index (κ3) is 28.6. The molecule has 44 atom stereocenters. The predicted molar refractivity (Wildman–Crippen MR) is 445 cm³/mol. The summed E-state index contributed by atoms with van der Waals surface area (Å²) in [6.45, 7) is 9.50. The van der Waals surface area contributed by atoms with Crippen LogP contribution in [0.25, 0.3) is 0 Å². The Morgan fingerprint density at radius 2 is 0.383 bits per heavy atom. The van der Waals surface area contributed by atoms with Crippen molar-refractivity contribution in [3.8, 4) is 0 Å². The van der Waals surface area contributed by atoms with E-state index in [1.807, 2.05) is 0 Å². The van der Waals surface area contributed by atoms with E-state index in [4.69, 9.17) is 92.5 Å². The highest BCUT2D eigenvalue weighted by atomic mass is 32.2. The van der Waals surface area contributed by atoms with Gasteiger partial charge in [-0.1, -0.05) is 0 Å². The van der Waals surface area contributed by atoms with Gasteiger partial charge in [0.1, 0.15) is 210 Å². The SMILES string of the molecule is C=C=S(C)(=O)OCC1OC2OC3C(COS(C)(=O)=C=C)OC(OC4C(CSCCC(=O)O)OC(OC5C(CSCCC(=O)O)OC(OC6C(CSCCC(=O)O)OC(OC7C(CSCCC(=O)O)OC(OC8C(COS(C)(=O)=C=C)OC(OC9C(COS(C)(=O)=C=C)OC(OC1C(O)C2O)C(O)C9O)C(O)C8O)C(O)C7O)C(O)C6O)C(O)C5O)C(O)C4O)C(O)C3O. The first-order valence-corrected chi connectivity index (χ1v) is 51.6. The van der Waals surface area contributed by atoms with Crippen LogP contribution < -0.4 is 0 Å². The van der Waals surface area contributed by atoms with Gasteiger partial charge in [0.05, 0.1) is 76.5 Å². The van der Waals surface area contributed by atoms with E-state index < -0.39 is 384 Å². The van der Waals surface area contributed by atoms with Crippen LogP contribution in [0.15, 0.2) is 26.3 Å². The van der Waals surface area contributed by atoms with Crippen LogP contribution in [0.5, 0.6) is 0 Å². The number of hydrogen-bond donors (Lipinski definition) is 20. The topological polar surface area (TPSA) is 726 Å². The van der Waals surface area contributed by atoms with E-state index in [0.717, 1.165) is 72.1 Å². The third-order valence-corrected chi connectivity index (χ3v) is 30.0. The summed E-state index contributed by atoms with van der Waals surface area (Å²) in [5.74, 6) is -7.39. The minimum absolute atomic E-state index is 0.169. The van der Waals surface area contributed by atoms with E-state index in [-0.39, 0.29) is 23.0 Å². The Hall–Kier alpha value is -2.96. The molecule has 44 unspecified atom stereocenters. The number of carbonyl (C=O) groups is 4. The zero-order valence-electron chi connectivity index (χ0n) is 68.9. The predicted octanol–water partition coefficient (Wildman–Crippen LogP) is -10.8. The lowest BCUT2D eigenvalue weighted by Gasteiger charge is -2.51. The summed E-state index contributed by atoms with van der Waals surface area (Å²) in [6.07, 6.45) is -84.7. The van der Waals surface area contributed by atoms with E-state index in [1.165, 1.54) is 0 Å². The summed E-state index contributed by atoms with van der Waals surface area (Å²) in [7, 11) is -14.6. The lowest BCUT2D eigenvalue weighted by Crippen LogP contribution is -2.69. The molecule has 56 heteroatoms. The Morgan fingerprint density at radius 3 is 0.516 bits per heavy atom. The molecule has 30 fully saturated rings. The van der Waals surface area contributed by atoms with Gasteiger partial charge in [-0.3, -0.25) is 35.9 Å². The van der Waals surface area contributed by atoms with Gasteiger partial charge in [0.25, 0.3) is 0 Å². The molecule has 30 aliphatic rings. The first-order valence-electron chi connectivity index (χ1n) is 39.4. The molecule has 0 aliphatic carbocycles. The molecule has 30 saturated heterocycles. The maximum absolute atomic E-state index is 13.5. The van der Waals surface area contributed by atoms with Gasteiger partial charge in [-0.2, -0.15) is 47.0 Å². The minimum Gasteiger partial charge on any atom is -0.481 e. The summed E-state index contributed by atoms with van der Waals surface area (Å²) in [4.78, 5) is 47.2. The van der Waals surface area contributed by atoms with E-state index in [9.17, 15) is 138 Å². The Balaban J connectivity index is 1.14. The number of aliphatic carboxylic acids is 4. The van der Waals surface area contributed by atoms with E-state index in [2.05, 4.69) is 46.4 Å². The monoisotopic (exact) mass is 2000 g/mol. The number of carboxylic acid groups (broad SMARTS) is 4. The Morgan fingerprint density at radius 1 is 0.250 bits per heavy atom. The van der Waals surface area contributed by atoms with Crippen molar-refractivity contribution in [2.75, 3.05) is 97.5 Å². The molecule has 0 aromatic heterocycles. The van der Waals surface area contributed by atoms with Crippen molar-refractivity contribution in [3.05, 3.63) is 26.3 Å². The molecule has 0 aromatic carbocycles. The average Bonchev–Trinajstić information content (AvgIpc) is 0.767. The fraction of sp³-hybridized carbons (Fsp3) is 0.833. The van der Waals surface area contributed by atoms with Gasteiger partial charge in [0.15, 0.2) is 50.3 Å². The second-order valence-electron chi connectivity index (χ2n) is 30.7. The Labute approximate surface area is 751 Å². The largest absolute Gasteiger partial charge is 0.481 e. The van der Waals surface area contributed by atoms with Gasteiger partial charge in [0, 0.05) is 71.0 Å². The zero-order chi connectivity index (χ0) is 94.5. The number of rotatable bonds is 32. The minimum atomic E-state index is -3.67. The summed E-state index contributed by atoms with van der Waals surface area (Å²) >= 11 is 3.45. The van der Waals surface area contributed by atoms with E-state index in [0.29, 0.717) is 0 Å². The van der Waals surface area contributed by atoms with Crippen LogP contribution in [0.2, 0.25) is 0 Å². The number of hydrogen-bond acceptors (Lipinski definition) is 48. The maximum Gasteiger partial charge on any atom is 0.304 e. The lowest BCUT2D eigenvalue weighted by molar-refractivity contribution is -0.400.